The molecule has 124 valence electrons. The van der Waals surface area contributed by atoms with Gasteiger partial charge >= 0.3 is 59.1 Å². The van der Waals surface area contributed by atoms with E-state index in [0.717, 1.165) is 24.0 Å². The number of carbonyl (C=O) groups is 1. The van der Waals surface area contributed by atoms with Crippen molar-refractivity contribution in [3.63, 3.8) is 0 Å². The van der Waals surface area contributed by atoms with Crippen LogP contribution < -0.4 is 59.1 Å². The number of sulfone groups is 1. The van der Waals surface area contributed by atoms with Crippen LogP contribution in [0, 0.1) is 0 Å². The molecule has 7 nitrogen and oxygen atoms in total. The van der Waals surface area contributed by atoms with Crippen molar-refractivity contribution in [2.45, 2.75) is 24.7 Å². The molecule has 1 aromatic carbocycles. The smallest absolute Gasteiger partial charge is 0.784 e. The Hall–Kier alpha value is 0.710. The summed E-state index contributed by atoms with van der Waals surface area (Å²) in [5.41, 5.74) is 2.19. The summed E-state index contributed by atoms with van der Waals surface area (Å²) in [6.45, 7) is 2.94. The molecule has 1 aliphatic heterocycles. The van der Waals surface area contributed by atoms with Crippen LogP contribution >= 0.6 is 0 Å². The zero-order valence-corrected chi connectivity index (χ0v) is 19.9. The van der Waals surface area contributed by atoms with E-state index in [1.165, 1.54) is 6.26 Å². The van der Waals surface area contributed by atoms with E-state index in [4.69, 9.17) is 13.3 Å². The van der Waals surface area contributed by atoms with Gasteiger partial charge < -0.3 is 14.0 Å². The van der Waals surface area contributed by atoms with Crippen molar-refractivity contribution < 1.29 is 85.6 Å². The molecule has 0 atom stereocenters. The molecule has 1 aliphatic rings. The van der Waals surface area contributed by atoms with Gasteiger partial charge in [-0.15, -0.1) is 11.4 Å². The van der Waals surface area contributed by atoms with Gasteiger partial charge in [0.05, 0.1) is 4.90 Å². The summed E-state index contributed by atoms with van der Waals surface area (Å²) in [7, 11) is -3.16. The zero-order chi connectivity index (χ0) is 16.9. The summed E-state index contributed by atoms with van der Waals surface area (Å²) in [5.74, 6) is 0.0751. The molecule has 2 rings (SSSR count). The number of nitrogens with zero attached hydrogens (tertiary/aromatic N) is 1. The van der Waals surface area contributed by atoms with E-state index in [0.29, 0.717) is 18.0 Å². The third-order valence-electron chi connectivity index (χ3n) is 3.35. The Morgan fingerprint density at radius 3 is 2.00 bits per heavy atom. The zero-order valence-electron chi connectivity index (χ0n) is 14.3. The molecule has 0 fully saturated rings. The number of benzene rings is 1. The van der Waals surface area contributed by atoms with E-state index in [-0.39, 0.29) is 65.0 Å². The number of fused-ring (bicyclic) bond motifs is 1. The largest absolute Gasteiger partial charge is 1.00 e. The maximum atomic E-state index is 11.5. The number of rotatable bonds is 1. The first-order chi connectivity index (χ1) is 10.1. The molecule has 0 spiro atoms. The molecule has 0 bridgehead atoms. The SMILES string of the molecule is CC(=O)N1CCc2ccc(S(C)(=O)=O)cc2CC1.O=S([O-])[O-].[Na+].[Na+]. The van der Waals surface area contributed by atoms with Crippen LogP contribution in [0.3, 0.4) is 0 Å². The average Bonchev–Trinajstić information content (AvgIpc) is 2.58. The predicted molar refractivity (Wildman–Crippen MR) is 78.9 cm³/mol. The Balaban J connectivity index is 0. The Labute approximate surface area is 189 Å². The van der Waals surface area contributed by atoms with Gasteiger partial charge in [-0.1, -0.05) is 6.07 Å². The molecule has 0 saturated heterocycles. The van der Waals surface area contributed by atoms with Gasteiger partial charge in [-0.3, -0.25) is 9.00 Å². The Kier molecular flexibility index (Phi) is 13.6. The molecular formula is C13H17NNa2O6S2. The fourth-order valence-corrected chi connectivity index (χ4v) is 2.92. The van der Waals surface area contributed by atoms with Crippen molar-refractivity contribution in [2.75, 3.05) is 19.3 Å². The molecule has 0 unspecified atom stereocenters. The van der Waals surface area contributed by atoms with Gasteiger partial charge in [0.25, 0.3) is 0 Å². The standard InChI is InChI=1S/C13H17NO3S.2Na.H2O3S/c1-10(15)14-7-5-11-3-4-13(18(2,16)17)9-12(11)6-8-14;;;1-4(2)3/h3-4,9H,5-8H2,1-2H3;;;(H2,1,2,3)/q;2*+1;/p-2. The number of carbonyl (C=O) groups excluding carboxylic acids is 1. The molecule has 1 amide bonds. The molecular weight excluding hydrogens is 376 g/mol. The molecule has 0 aliphatic carbocycles. The van der Waals surface area contributed by atoms with E-state index in [1.54, 1.807) is 24.0 Å². The summed E-state index contributed by atoms with van der Waals surface area (Å²) < 4.78 is 48.4. The first-order valence-electron chi connectivity index (χ1n) is 6.45. The number of hydrogen-bond donors (Lipinski definition) is 0. The van der Waals surface area contributed by atoms with E-state index in [9.17, 15) is 13.2 Å². The molecule has 11 heteroatoms. The van der Waals surface area contributed by atoms with Crippen LogP contribution in [0.1, 0.15) is 18.1 Å². The minimum Gasteiger partial charge on any atom is -0.784 e. The van der Waals surface area contributed by atoms with Gasteiger partial charge in [0, 0.05) is 26.3 Å². The molecule has 0 radical (unpaired) electrons. The summed E-state index contributed by atoms with van der Waals surface area (Å²) in [4.78, 5) is 13.5. The third kappa shape index (κ3) is 9.42. The normalized spacial score (nSPS) is 13.5. The summed E-state index contributed by atoms with van der Waals surface area (Å²) in [6.07, 6.45) is 2.73. The van der Waals surface area contributed by atoms with Gasteiger partial charge in [0.1, 0.15) is 0 Å². The quantitative estimate of drug-likeness (QED) is 0.346. The van der Waals surface area contributed by atoms with E-state index in [1.807, 2.05) is 6.07 Å². The molecule has 1 aromatic rings. The van der Waals surface area contributed by atoms with Gasteiger partial charge in [-0.2, -0.15) is 0 Å². The predicted octanol–water partition coefficient (Wildman–Crippen LogP) is -5.96. The van der Waals surface area contributed by atoms with E-state index >= 15 is 0 Å². The maximum absolute atomic E-state index is 11.5. The van der Waals surface area contributed by atoms with Crippen LogP contribution in [0.15, 0.2) is 23.1 Å². The Bertz CT molecular complexity index is 677. The van der Waals surface area contributed by atoms with Crippen molar-refractivity contribution >= 4 is 27.1 Å². The van der Waals surface area contributed by atoms with Crippen molar-refractivity contribution in [3.8, 4) is 0 Å². The topological polar surface area (TPSA) is 118 Å². The summed E-state index contributed by atoms with van der Waals surface area (Å²) in [6, 6.07) is 5.27. The second-order valence-electron chi connectivity index (χ2n) is 4.91. The number of hydrogen-bond acceptors (Lipinski definition) is 6. The van der Waals surface area contributed by atoms with Crippen molar-refractivity contribution in [1.29, 1.82) is 0 Å². The fourth-order valence-electron chi connectivity index (χ4n) is 2.25. The van der Waals surface area contributed by atoms with E-state index < -0.39 is 21.2 Å². The Morgan fingerprint density at radius 1 is 1.12 bits per heavy atom. The van der Waals surface area contributed by atoms with Gasteiger partial charge in [-0.25, -0.2) is 8.42 Å². The second-order valence-corrected chi connectivity index (χ2v) is 7.34. The third-order valence-corrected chi connectivity index (χ3v) is 4.46. The maximum Gasteiger partial charge on any atom is 1.00 e. The summed E-state index contributed by atoms with van der Waals surface area (Å²) >= 11 is -3.11. The first kappa shape index (κ1) is 26.9. The second kappa shape index (κ2) is 12.2. The molecule has 0 saturated carbocycles. The fraction of sp³-hybridized carbons (Fsp3) is 0.462. The Morgan fingerprint density at radius 2 is 1.58 bits per heavy atom. The van der Waals surface area contributed by atoms with Crippen molar-refractivity contribution in [1.82, 2.24) is 4.90 Å². The van der Waals surface area contributed by atoms with Gasteiger partial charge in [0.2, 0.25) is 5.91 Å². The van der Waals surface area contributed by atoms with Crippen LogP contribution in [0.2, 0.25) is 0 Å². The van der Waals surface area contributed by atoms with E-state index in [2.05, 4.69) is 0 Å². The average molecular weight is 393 g/mol. The molecule has 24 heavy (non-hydrogen) atoms. The van der Waals surface area contributed by atoms with Gasteiger partial charge in [0.15, 0.2) is 9.84 Å². The number of amides is 1. The van der Waals surface area contributed by atoms with Crippen LogP contribution in [0.25, 0.3) is 0 Å². The van der Waals surface area contributed by atoms with Crippen LogP contribution in [0.5, 0.6) is 0 Å². The van der Waals surface area contributed by atoms with Gasteiger partial charge in [-0.05, 0) is 36.1 Å². The van der Waals surface area contributed by atoms with Crippen LogP contribution in [-0.4, -0.2) is 51.9 Å². The first-order valence-corrected chi connectivity index (χ1v) is 9.34. The van der Waals surface area contributed by atoms with Crippen LogP contribution in [-0.2, 0) is 38.8 Å². The summed E-state index contributed by atoms with van der Waals surface area (Å²) in [5, 5.41) is 0. The van der Waals surface area contributed by atoms with Crippen molar-refractivity contribution in [2.24, 2.45) is 0 Å². The minimum atomic E-state index is -3.16. The molecule has 0 aromatic heterocycles. The molecule has 1 heterocycles. The van der Waals surface area contributed by atoms with Crippen molar-refractivity contribution in [3.05, 3.63) is 29.3 Å². The monoisotopic (exact) mass is 393 g/mol. The van der Waals surface area contributed by atoms with Crippen LogP contribution in [0.4, 0.5) is 0 Å². The molecule has 0 N–H and O–H groups in total. The minimum absolute atomic E-state index is 0.